The molecule has 2 atom stereocenters. The summed E-state index contributed by atoms with van der Waals surface area (Å²) in [6, 6.07) is 0. The average molecular weight is 162 g/mol. The molecule has 1 aliphatic heterocycles. The summed E-state index contributed by atoms with van der Waals surface area (Å²) in [4.78, 5) is 10.8. The quantitative estimate of drug-likeness (QED) is 0.552. The first kappa shape index (κ1) is 7.84. The van der Waals surface area contributed by atoms with E-state index in [0.717, 1.165) is 0 Å². The van der Waals surface area contributed by atoms with Crippen LogP contribution >= 0.6 is 11.8 Å². The van der Waals surface area contributed by atoms with E-state index in [9.17, 15) is 4.79 Å². The minimum absolute atomic E-state index is 0.109. The van der Waals surface area contributed by atoms with Crippen LogP contribution in [0.2, 0.25) is 0 Å². The van der Waals surface area contributed by atoms with Gasteiger partial charge in [-0.05, 0) is 6.26 Å². The molecular formula is C5H10N2O2S. The predicted molar refractivity (Wildman–Crippen MR) is 39.4 cm³/mol. The van der Waals surface area contributed by atoms with Gasteiger partial charge in [-0.1, -0.05) is 0 Å². The molecule has 0 radical (unpaired) electrons. The van der Waals surface area contributed by atoms with Gasteiger partial charge >= 0.3 is 0 Å². The first-order valence-corrected chi connectivity index (χ1v) is 4.34. The zero-order valence-electron chi connectivity index (χ0n) is 5.66. The second-order valence-electron chi connectivity index (χ2n) is 2.01. The number of carbonyl (C=O) groups is 1. The predicted octanol–water partition coefficient (Wildman–Crippen LogP) is -0.893. The van der Waals surface area contributed by atoms with Crippen molar-refractivity contribution < 1.29 is 9.53 Å². The van der Waals surface area contributed by atoms with Gasteiger partial charge in [0.2, 0.25) is 0 Å². The van der Waals surface area contributed by atoms with Crippen LogP contribution in [0.5, 0.6) is 0 Å². The molecule has 0 spiro atoms. The van der Waals surface area contributed by atoms with Crippen LogP contribution in [0.3, 0.4) is 0 Å². The van der Waals surface area contributed by atoms with Crippen molar-refractivity contribution in [1.82, 2.24) is 5.32 Å². The fourth-order valence-corrected chi connectivity index (χ4v) is 1.30. The summed E-state index contributed by atoms with van der Waals surface area (Å²) in [6.07, 6.45) is 0.954. The molecule has 1 fully saturated rings. The molecule has 58 valence electrons. The van der Waals surface area contributed by atoms with Crippen molar-refractivity contribution in [1.29, 1.82) is 0 Å². The minimum Gasteiger partial charge on any atom is -0.331 e. The third-order valence-corrected chi connectivity index (χ3v) is 1.84. The summed E-state index contributed by atoms with van der Waals surface area (Å²) in [5.41, 5.74) is 5.28. The monoisotopic (exact) mass is 162 g/mol. The largest absolute Gasteiger partial charge is 0.331 e. The van der Waals surface area contributed by atoms with Gasteiger partial charge in [-0.15, -0.1) is 0 Å². The molecule has 1 rings (SSSR count). The van der Waals surface area contributed by atoms with E-state index < -0.39 is 6.35 Å². The number of rotatable bonds is 2. The molecule has 0 saturated carbocycles. The number of hydrogen-bond donors (Lipinski definition) is 2. The highest BCUT2D eigenvalue weighted by Gasteiger charge is 2.29. The molecule has 1 aliphatic rings. The Kier molecular flexibility index (Phi) is 2.53. The van der Waals surface area contributed by atoms with Crippen LogP contribution in [0, 0.1) is 0 Å². The molecule has 0 aromatic heterocycles. The fraction of sp³-hybridized carbons (Fsp3) is 0.800. The highest BCUT2D eigenvalue weighted by Crippen LogP contribution is 2.07. The molecule has 2 unspecified atom stereocenters. The van der Waals surface area contributed by atoms with Gasteiger partial charge in [0.15, 0.2) is 6.35 Å². The van der Waals surface area contributed by atoms with Crippen molar-refractivity contribution in [3.8, 4) is 0 Å². The van der Waals surface area contributed by atoms with E-state index in [1.807, 2.05) is 6.26 Å². The summed E-state index contributed by atoms with van der Waals surface area (Å²) >= 11 is 1.56. The maximum atomic E-state index is 10.8. The lowest BCUT2D eigenvalue weighted by atomic mass is 10.4. The Morgan fingerprint density at radius 2 is 2.60 bits per heavy atom. The van der Waals surface area contributed by atoms with Crippen LogP contribution in [0.1, 0.15) is 0 Å². The number of amides is 1. The summed E-state index contributed by atoms with van der Waals surface area (Å²) in [6.45, 7) is 0. The molecule has 0 aromatic carbocycles. The first-order chi connectivity index (χ1) is 4.74. The van der Waals surface area contributed by atoms with Crippen molar-refractivity contribution in [2.45, 2.75) is 12.5 Å². The first-order valence-electron chi connectivity index (χ1n) is 2.94. The number of carbonyl (C=O) groups excluding carboxylic acids is 1. The van der Waals surface area contributed by atoms with E-state index >= 15 is 0 Å². The molecule has 1 amide bonds. The number of thioether (sulfide) groups is 1. The average Bonchev–Trinajstić information content (AvgIpc) is 2.13. The molecule has 0 bridgehead atoms. The van der Waals surface area contributed by atoms with Crippen LogP contribution < -0.4 is 11.1 Å². The van der Waals surface area contributed by atoms with Crippen LogP contribution in [0.15, 0.2) is 0 Å². The van der Waals surface area contributed by atoms with Gasteiger partial charge in [-0.2, -0.15) is 11.8 Å². The lowest BCUT2D eigenvalue weighted by Gasteiger charge is -2.03. The Morgan fingerprint density at radius 3 is 3.00 bits per heavy atom. The number of nitrogens with one attached hydrogen (secondary N) is 1. The SMILES string of the molecule is CSCC1OC(N)NC1=O. The zero-order valence-corrected chi connectivity index (χ0v) is 6.48. The maximum absolute atomic E-state index is 10.8. The molecule has 3 N–H and O–H groups in total. The van der Waals surface area contributed by atoms with Crippen molar-refractivity contribution in [2.75, 3.05) is 12.0 Å². The Morgan fingerprint density at radius 1 is 1.90 bits per heavy atom. The summed E-state index contributed by atoms with van der Waals surface area (Å²) in [5, 5.41) is 2.45. The molecule has 1 saturated heterocycles. The van der Waals surface area contributed by atoms with E-state index in [1.54, 1.807) is 11.8 Å². The number of ether oxygens (including phenoxy) is 1. The highest BCUT2D eigenvalue weighted by molar-refractivity contribution is 7.98. The van der Waals surface area contributed by atoms with Gasteiger partial charge in [-0.3, -0.25) is 10.5 Å². The fourth-order valence-electron chi connectivity index (χ4n) is 0.772. The molecular weight excluding hydrogens is 152 g/mol. The lowest BCUT2D eigenvalue weighted by molar-refractivity contribution is -0.122. The number of hydrogen-bond acceptors (Lipinski definition) is 4. The van der Waals surface area contributed by atoms with Crippen LogP contribution in [0.25, 0.3) is 0 Å². The van der Waals surface area contributed by atoms with E-state index in [0.29, 0.717) is 5.75 Å². The van der Waals surface area contributed by atoms with Crippen molar-refractivity contribution in [3.05, 3.63) is 0 Å². The van der Waals surface area contributed by atoms with E-state index in [4.69, 9.17) is 10.5 Å². The van der Waals surface area contributed by atoms with Gasteiger partial charge in [0, 0.05) is 5.75 Å². The number of nitrogens with two attached hydrogens (primary N) is 1. The van der Waals surface area contributed by atoms with Crippen molar-refractivity contribution in [3.63, 3.8) is 0 Å². The maximum Gasteiger partial charge on any atom is 0.253 e. The standard InChI is InChI=1S/C5H10N2O2S/c1-10-2-3-4(8)7-5(6)9-3/h3,5H,2,6H2,1H3,(H,7,8). The summed E-state index contributed by atoms with van der Waals surface area (Å²) < 4.78 is 5.01. The summed E-state index contributed by atoms with van der Waals surface area (Å²) in [7, 11) is 0. The second kappa shape index (κ2) is 3.23. The minimum atomic E-state index is -0.607. The molecule has 0 aromatic rings. The molecule has 5 heteroatoms. The Labute approximate surface area is 63.5 Å². The lowest BCUT2D eigenvalue weighted by Crippen LogP contribution is -2.34. The topological polar surface area (TPSA) is 64.3 Å². The molecule has 0 aliphatic carbocycles. The Bertz CT molecular complexity index is 142. The normalized spacial score (nSPS) is 32.4. The Balaban J connectivity index is 2.39. The smallest absolute Gasteiger partial charge is 0.253 e. The van der Waals surface area contributed by atoms with Gasteiger partial charge < -0.3 is 10.1 Å². The summed E-state index contributed by atoms with van der Waals surface area (Å²) in [5.74, 6) is 0.557. The van der Waals surface area contributed by atoms with Crippen molar-refractivity contribution in [2.24, 2.45) is 5.73 Å². The van der Waals surface area contributed by atoms with Gasteiger partial charge in [0.1, 0.15) is 6.10 Å². The van der Waals surface area contributed by atoms with Gasteiger partial charge in [0.05, 0.1) is 0 Å². The Hall–Kier alpha value is -0.260. The van der Waals surface area contributed by atoms with Gasteiger partial charge in [-0.25, -0.2) is 0 Å². The van der Waals surface area contributed by atoms with Crippen LogP contribution in [0.4, 0.5) is 0 Å². The third-order valence-electron chi connectivity index (χ3n) is 1.21. The van der Waals surface area contributed by atoms with Crippen LogP contribution in [-0.4, -0.2) is 30.4 Å². The zero-order chi connectivity index (χ0) is 7.56. The van der Waals surface area contributed by atoms with E-state index in [-0.39, 0.29) is 12.0 Å². The second-order valence-corrected chi connectivity index (χ2v) is 2.92. The van der Waals surface area contributed by atoms with Gasteiger partial charge in [0.25, 0.3) is 5.91 Å². The molecule has 4 nitrogen and oxygen atoms in total. The van der Waals surface area contributed by atoms with E-state index in [2.05, 4.69) is 5.32 Å². The molecule has 1 heterocycles. The van der Waals surface area contributed by atoms with Crippen molar-refractivity contribution >= 4 is 17.7 Å². The molecule has 10 heavy (non-hydrogen) atoms. The van der Waals surface area contributed by atoms with E-state index in [1.165, 1.54) is 0 Å². The highest BCUT2D eigenvalue weighted by atomic mass is 32.2. The third kappa shape index (κ3) is 1.62. The van der Waals surface area contributed by atoms with Crippen LogP contribution in [-0.2, 0) is 9.53 Å².